The summed E-state index contributed by atoms with van der Waals surface area (Å²) in [6, 6.07) is 13.3. The highest BCUT2D eigenvalue weighted by Gasteiger charge is 2.17. The zero-order valence-corrected chi connectivity index (χ0v) is 15.9. The van der Waals surface area contributed by atoms with E-state index in [0.717, 1.165) is 5.56 Å². The van der Waals surface area contributed by atoms with Crippen LogP contribution < -0.4 is 11.2 Å². The Labute approximate surface area is 156 Å². The molecule has 0 aliphatic rings. The Bertz CT molecular complexity index is 1040. The summed E-state index contributed by atoms with van der Waals surface area (Å²) in [5, 5.41) is 6.56. The van der Waals surface area contributed by atoms with E-state index in [2.05, 4.69) is 15.5 Å². The SMILES string of the molecule is CC(=NNc1ccc(S(=O)(=O)c2ccc(C)cc2)cc1)c1csc(N)n1. The van der Waals surface area contributed by atoms with Crippen molar-refractivity contribution in [1.82, 2.24) is 4.98 Å². The van der Waals surface area contributed by atoms with Gasteiger partial charge in [0.2, 0.25) is 9.84 Å². The van der Waals surface area contributed by atoms with Crippen molar-refractivity contribution in [2.45, 2.75) is 23.6 Å². The third-order valence-corrected chi connectivity index (χ3v) is 6.20. The van der Waals surface area contributed by atoms with E-state index < -0.39 is 9.84 Å². The van der Waals surface area contributed by atoms with E-state index in [1.54, 1.807) is 48.5 Å². The molecule has 1 aromatic heterocycles. The van der Waals surface area contributed by atoms with Gasteiger partial charge in [0.25, 0.3) is 0 Å². The third kappa shape index (κ3) is 3.92. The monoisotopic (exact) mass is 386 g/mol. The standard InChI is InChI=1S/C18H18N4O2S2/c1-12-3-7-15(8-4-12)26(23,24)16-9-5-14(6-10-16)22-21-13(2)17-11-25-18(19)20-17/h3-11,22H,1-2H3,(H2,19,20). The van der Waals surface area contributed by atoms with Crippen LogP contribution in [0.15, 0.2) is 68.8 Å². The van der Waals surface area contributed by atoms with Crippen LogP contribution in [-0.2, 0) is 9.84 Å². The van der Waals surface area contributed by atoms with Crippen LogP contribution in [0.5, 0.6) is 0 Å². The molecule has 2 aromatic carbocycles. The fourth-order valence-electron chi connectivity index (χ4n) is 2.22. The van der Waals surface area contributed by atoms with Crippen molar-refractivity contribution in [2.24, 2.45) is 5.10 Å². The molecule has 0 amide bonds. The van der Waals surface area contributed by atoms with Gasteiger partial charge in [-0.25, -0.2) is 13.4 Å². The first-order valence-electron chi connectivity index (χ1n) is 7.80. The van der Waals surface area contributed by atoms with Crippen molar-refractivity contribution in [3.63, 3.8) is 0 Å². The number of nitrogens with one attached hydrogen (secondary N) is 1. The Hall–Kier alpha value is -2.71. The van der Waals surface area contributed by atoms with Crippen LogP contribution in [0.2, 0.25) is 0 Å². The lowest BCUT2D eigenvalue weighted by Crippen LogP contribution is -2.03. The summed E-state index contributed by atoms with van der Waals surface area (Å²) in [6.45, 7) is 3.73. The third-order valence-electron chi connectivity index (χ3n) is 3.74. The van der Waals surface area contributed by atoms with Crippen LogP contribution in [0.1, 0.15) is 18.2 Å². The fraction of sp³-hybridized carbons (Fsp3) is 0.111. The zero-order valence-electron chi connectivity index (χ0n) is 14.3. The topological polar surface area (TPSA) is 97.4 Å². The van der Waals surface area contributed by atoms with Crippen LogP contribution in [0.3, 0.4) is 0 Å². The van der Waals surface area contributed by atoms with Crippen molar-refractivity contribution >= 4 is 37.7 Å². The van der Waals surface area contributed by atoms with Gasteiger partial charge in [-0.2, -0.15) is 5.10 Å². The molecule has 8 heteroatoms. The molecule has 0 radical (unpaired) electrons. The van der Waals surface area contributed by atoms with Crippen molar-refractivity contribution in [1.29, 1.82) is 0 Å². The molecule has 0 aliphatic carbocycles. The Morgan fingerprint density at radius 2 is 1.65 bits per heavy atom. The molecule has 26 heavy (non-hydrogen) atoms. The second kappa shape index (κ2) is 7.27. The summed E-state index contributed by atoms with van der Waals surface area (Å²) in [7, 11) is -3.53. The summed E-state index contributed by atoms with van der Waals surface area (Å²) < 4.78 is 25.3. The molecule has 0 atom stereocenters. The summed E-state index contributed by atoms with van der Waals surface area (Å²) in [6.07, 6.45) is 0. The second-order valence-electron chi connectivity index (χ2n) is 5.72. The molecule has 0 unspecified atom stereocenters. The first kappa shape index (κ1) is 18.1. The Morgan fingerprint density at radius 3 is 2.19 bits per heavy atom. The van der Waals surface area contributed by atoms with Gasteiger partial charge in [0, 0.05) is 5.38 Å². The minimum Gasteiger partial charge on any atom is -0.375 e. The normalized spacial score (nSPS) is 12.2. The van der Waals surface area contributed by atoms with Gasteiger partial charge in [0.05, 0.1) is 26.9 Å². The van der Waals surface area contributed by atoms with E-state index in [-0.39, 0.29) is 9.79 Å². The summed E-state index contributed by atoms with van der Waals surface area (Å²) >= 11 is 1.35. The lowest BCUT2D eigenvalue weighted by molar-refractivity contribution is 0.596. The van der Waals surface area contributed by atoms with Crippen LogP contribution in [-0.4, -0.2) is 19.1 Å². The van der Waals surface area contributed by atoms with Gasteiger partial charge in [-0.05, 0) is 50.2 Å². The molecule has 0 fully saturated rings. The Balaban J connectivity index is 1.77. The number of hydrogen-bond acceptors (Lipinski definition) is 7. The van der Waals surface area contributed by atoms with Crippen molar-refractivity contribution in [2.75, 3.05) is 11.2 Å². The van der Waals surface area contributed by atoms with Crippen molar-refractivity contribution in [3.05, 3.63) is 65.2 Å². The number of nitrogen functional groups attached to an aromatic ring is 1. The quantitative estimate of drug-likeness (QED) is 0.515. The van der Waals surface area contributed by atoms with Gasteiger partial charge in [-0.15, -0.1) is 11.3 Å². The Kier molecular flexibility index (Phi) is 5.06. The van der Waals surface area contributed by atoms with E-state index >= 15 is 0 Å². The van der Waals surface area contributed by atoms with Crippen LogP contribution in [0.25, 0.3) is 0 Å². The van der Waals surface area contributed by atoms with Crippen LogP contribution in [0, 0.1) is 6.92 Å². The number of rotatable bonds is 5. The van der Waals surface area contributed by atoms with Gasteiger partial charge in [-0.3, -0.25) is 5.43 Å². The van der Waals surface area contributed by atoms with E-state index in [0.29, 0.717) is 22.2 Å². The van der Waals surface area contributed by atoms with E-state index in [9.17, 15) is 8.42 Å². The van der Waals surface area contributed by atoms with E-state index in [1.807, 2.05) is 19.2 Å². The molecule has 3 aromatic rings. The first-order valence-corrected chi connectivity index (χ1v) is 10.2. The Morgan fingerprint density at radius 1 is 1.08 bits per heavy atom. The average molecular weight is 387 g/mol. The molecule has 0 saturated carbocycles. The molecule has 0 spiro atoms. The number of nitrogens with zero attached hydrogens (tertiary/aromatic N) is 2. The van der Waals surface area contributed by atoms with Gasteiger partial charge < -0.3 is 5.73 Å². The summed E-state index contributed by atoms with van der Waals surface area (Å²) in [5.41, 5.74) is 11.6. The molecule has 134 valence electrons. The predicted molar refractivity (Wildman–Crippen MR) is 105 cm³/mol. The minimum atomic E-state index is -3.53. The average Bonchev–Trinajstić information content (AvgIpc) is 3.07. The highest BCUT2D eigenvalue weighted by molar-refractivity contribution is 7.91. The maximum atomic E-state index is 12.6. The second-order valence-corrected chi connectivity index (χ2v) is 8.56. The highest BCUT2D eigenvalue weighted by Crippen LogP contribution is 2.22. The number of hydrogen-bond donors (Lipinski definition) is 2. The highest BCUT2D eigenvalue weighted by atomic mass is 32.2. The number of benzene rings is 2. The number of sulfone groups is 1. The predicted octanol–water partition coefficient (Wildman–Crippen LogP) is 3.70. The number of aromatic nitrogens is 1. The molecule has 0 bridgehead atoms. The number of hydrazone groups is 1. The molecule has 6 nitrogen and oxygen atoms in total. The molecule has 3 N–H and O–H groups in total. The van der Waals surface area contributed by atoms with Crippen LogP contribution >= 0.6 is 11.3 Å². The lowest BCUT2D eigenvalue weighted by Gasteiger charge is -2.07. The van der Waals surface area contributed by atoms with Crippen molar-refractivity contribution < 1.29 is 8.42 Å². The minimum absolute atomic E-state index is 0.236. The summed E-state index contributed by atoms with van der Waals surface area (Å²) in [4.78, 5) is 4.67. The van der Waals surface area contributed by atoms with E-state index in [4.69, 9.17) is 5.73 Å². The largest absolute Gasteiger partial charge is 0.375 e. The number of anilines is 2. The maximum Gasteiger partial charge on any atom is 0.206 e. The number of aryl methyl sites for hydroxylation is 1. The van der Waals surface area contributed by atoms with Gasteiger partial charge in [0.1, 0.15) is 0 Å². The maximum absolute atomic E-state index is 12.6. The van der Waals surface area contributed by atoms with Gasteiger partial charge in [-0.1, -0.05) is 17.7 Å². The fourth-order valence-corrected chi connectivity index (χ4v) is 4.09. The summed E-state index contributed by atoms with van der Waals surface area (Å²) in [5.74, 6) is 0. The van der Waals surface area contributed by atoms with E-state index in [1.165, 1.54) is 11.3 Å². The van der Waals surface area contributed by atoms with Gasteiger partial charge >= 0.3 is 0 Å². The molecular formula is C18H18N4O2S2. The number of thiazole rings is 1. The number of nitrogens with two attached hydrogens (primary N) is 1. The molecular weight excluding hydrogens is 368 g/mol. The molecule has 0 saturated heterocycles. The lowest BCUT2D eigenvalue weighted by atomic mass is 10.2. The van der Waals surface area contributed by atoms with Gasteiger partial charge in [0.15, 0.2) is 5.13 Å². The molecule has 1 heterocycles. The first-order chi connectivity index (χ1) is 12.4. The molecule has 0 aliphatic heterocycles. The zero-order chi connectivity index (χ0) is 18.7. The van der Waals surface area contributed by atoms with Crippen molar-refractivity contribution in [3.8, 4) is 0 Å². The molecule has 3 rings (SSSR count). The smallest absolute Gasteiger partial charge is 0.206 e. The van der Waals surface area contributed by atoms with Crippen LogP contribution in [0.4, 0.5) is 10.8 Å².